The van der Waals surface area contributed by atoms with Crippen molar-refractivity contribution >= 4 is 0 Å². The van der Waals surface area contributed by atoms with E-state index in [0.29, 0.717) is 0 Å². The van der Waals surface area contributed by atoms with Crippen molar-refractivity contribution in [3.63, 3.8) is 0 Å². The van der Waals surface area contributed by atoms with E-state index in [0.717, 1.165) is 17.8 Å². The second-order valence-corrected chi connectivity index (χ2v) is 5.98. The fourth-order valence-corrected chi connectivity index (χ4v) is 2.81. The molecule has 102 valence electrons. The van der Waals surface area contributed by atoms with Crippen molar-refractivity contribution in [3.05, 3.63) is 35.9 Å². The molecule has 0 saturated heterocycles. The first-order valence-corrected chi connectivity index (χ1v) is 7.69. The maximum atomic E-state index is 2.44. The highest BCUT2D eigenvalue weighted by molar-refractivity contribution is 5.14. The van der Waals surface area contributed by atoms with Crippen LogP contribution in [0.3, 0.4) is 0 Å². The van der Waals surface area contributed by atoms with E-state index in [1.54, 1.807) is 0 Å². The van der Waals surface area contributed by atoms with E-state index in [1.807, 2.05) is 0 Å². The molecule has 0 heterocycles. The minimum absolute atomic E-state index is 0.857. The predicted octanol–water partition coefficient (Wildman–Crippen LogP) is 5.72. The second kappa shape index (κ2) is 8.34. The van der Waals surface area contributed by atoms with Crippen LogP contribution < -0.4 is 0 Å². The number of rotatable bonds is 8. The molecule has 0 aliphatic rings. The van der Waals surface area contributed by atoms with Gasteiger partial charge in [-0.05, 0) is 36.2 Å². The molecule has 0 aromatic heterocycles. The van der Waals surface area contributed by atoms with Crippen molar-refractivity contribution in [2.75, 3.05) is 0 Å². The molecule has 0 spiro atoms. The van der Waals surface area contributed by atoms with E-state index in [-0.39, 0.29) is 0 Å². The van der Waals surface area contributed by atoms with Gasteiger partial charge in [0.2, 0.25) is 0 Å². The molecule has 0 nitrogen and oxygen atoms in total. The summed E-state index contributed by atoms with van der Waals surface area (Å²) < 4.78 is 0. The summed E-state index contributed by atoms with van der Waals surface area (Å²) in [5.74, 6) is 2.60. The Bertz CT molecular complexity index is 301. The van der Waals surface area contributed by atoms with Gasteiger partial charge in [-0.2, -0.15) is 0 Å². The Labute approximate surface area is 114 Å². The maximum Gasteiger partial charge on any atom is -0.0279 e. The van der Waals surface area contributed by atoms with E-state index < -0.39 is 0 Å². The lowest BCUT2D eigenvalue weighted by molar-refractivity contribution is 0.250. The average Bonchev–Trinajstić information content (AvgIpc) is 2.39. The van der Waals surface area contributed by atoms with Gasteiger partial charge in [-0.25, -0.2) is 0 Å². The zero-order valence-corrected chi connectivity index (χ0v) is 12.7. The lowest BCUT2D eigenvalue weighted by Gasteiger charge is -2.26. The second-order valence-electron chi connectivity index (χ2n) is 5.98. The highest BCUT2D eigenvalue weighted by Gasteiger charge is 2.17. The van der Waals surface area contributed by atoms with Crippen molar-refractivity contribution in [3.8, 4) is 0 Å². The molecule has 3 unspecified atom stereocenters. The summed E-state index contributed by atoms with van der Waals surface area (Å²) in [4.78, 5) is 0. The smallest absolute Gasteiger partial charge is 0.0279 e. The summed E-state index contributed by atoms with van der Waals surface area (Å²) in [5.41, 5.74) is 1.49. The first-order chi connectivity index (χ1) is 8.65. The summed E-state index contributed by atoms with van der Waals surface area (Å²) in [7, 11) is 0. The van der Waals surface area contributed by atoms with Gasteiger partial charge < -0.3 is 0 Å². The maximum absolute atomic E-state index is 2.44. The third-order valence-electron chi connectivity index (χ3n) is 4.51. The molecule has 1 rings (SSSR count). The molecule has 0 N–H and O–H groups in total. The molecule has 0 aliphatic heterocycles. The Morgan fingerprint density at radius 2 is 1.50 bits per heavy atom. The van der Waals surface area contributed by atoms with E-state index in [2.05, 4.69) is 58.0 Å². The number of hydrogen-bond donors (Lipinski definition) is 0. The van der Waals surface area contributed by atoms with Gasteiger partial charge >= 0.3 is 0 Å². The zero-order valence-electron chi connectivity index (χ0n) is 12.7. The number of benzene rings is 1. The van der Waals surface area contributed by atoms with E-state index in [4.69, 9.17) is 0 Å². The first-order valence-electron chi connectivity index (χ1n) is 7.69. The molecule has 0 bridgehead atoms. The van der Waals surface area contributed by atoms with E-state index in [1.165, 1.54) is 37.7 Å². The van der Waals surface area contributed by atoms with Crippen LogP contribution in [-0.2, 0) is 6.42 Å². The summed E-state index contributed by atoms with van der Waals surface area (Å²) in [6.07, 6.45) is 6.63. The summed E-state index contributed by atoms with van der Waals surface area (Å²) in [5, 5.41) is 0. The van der Waals surface area contributed by atoms with Crippen molar-refractivity contribution < 1.29 is 0 Å². The van der Waals surface area contributed by atoms with Gasteiger partial charge in [0, 0.05) is 0 Å². The third kappa shape index (κ3) is 5.25. The molecule has 0 fully saturated rings. The number of aryl methyl sites for hydroxylation is 1. The Morgan fingerprint density at radius 1 is 0.889 bits per heavy atom. The predicted molar refractivity (Wildman–Crippen MR) is 81.8 cm³/mol. The van der Waals surface area contributed by atoms with Crippen LogP contribution >= 0.6 is 0 Å². The van der Waals surface area contributed by atoms with Crippen LogP contribution in [0.2, 0.25) is 0 Å². The molecule has 0 heteroatoms. The van der Waals surface area contributed by atoms with Crippen molar-refractivity contribution in [2.24, 2.45) is 17.8 Å². The Balaban J connectivity index is 2.26. The van der Waals surface area contributed by atoms with Gasteiger partial charge in [0.05, 0.1) is 0 Å². The van der Waals surface area contributed by atoms with Gasteiger partial charge in [-0.1, -0.05) is 77.3 Å². The fraction of sp³-hybridized carbons (Fsp3) is 0.667. The Morgan fingerprint density at radius 3 is 2.11 bits per heavy atom. The Hall–Kier alpha value is -0.780. The van der Waals surface area contributed by atoms with Gasteiger partial charge in [-0.15, -0.1) is 0 Å². The van der Waals surface area contributed by atoms with Crippen LogP contribution in [0.25, 0.3) is 0 Å². The van der Waals surface area contributed by atoms with E-state index in [9.17, 15) is 0 Å². The van der Waals surface area contributed by atoms with Crippen LogP contribution in [0.1, 0.15) is 58.9 Å². The van der Waals surface area contributed by atoms with E-state index >= 15 is 0 Å². The Kier molecular flexibility index (Phi) is 7.08. The van der Waals surface area contributed by atoms with Crippen LogP contribution in [0.5, 0.6) is 0 Å². The molecule has 18 heavy (non-hydrogen) atoms. The van der Waals surface area contributed by atoms with Crippen LogP contribution in [0.15, 0.2) is 30.3 Å². The summed E-state index contributed by atoms with van der Waals surface area (Å²) in [6, 6.07) is 10.9. The minimum atomic E-state index is 0.857. The summed E-state index contributed by atoms with van der Waals surface area (Å²) >= 11 is 0. The standard InChI is InChI=1S/C18H30/c1-5-10-15(2)17(4)16(3)11-9-14-18-12-7-6-8-13-18/h6-8,12-13,15-17H,5,9-11,14H2,1-4H3. The third-order valence-corrected chi connectivity index (χ3v) is 4.51. The highest BCUT2D eigenvalue weighted by atomic mass is 14.2. The normalized spacial score (nSPS) is 16.2. The molecule has 0 saturated carbocycles. The first kappa shape index (κ1) is 15.3. The highest BCUT2D eigenvalue weighted by Crippen LogP contribution is 2.27. The molecular weight excluding hydrogens is 216 g/mol. The van der Waals surface area contributed by atoms with Crippen LogP contribution in [-0.4, -0.2) is 0 Å². The molecule has 1 aromatic rings. The monoisotopic (exact) mass is 246 g/mol. The largest absolute Gasteiger partial charge is 0.0654 e. The van der Waals surface area contributed by atoms with Crippen molar-refractivity contribution in [2.45, 2.75) is 59.8 Å². The van der Waals surface area contributed by atoms with Crippen molar-refractivity contribution in [1.29, 1.82) is 0 Å². The lowest BCUT2D eigenvalue weighted by atomic mass is 9.80. The molecule has 1 aromatic carbocycles. The zero-order chi connectivity index (χ0) is 13.4. The quantitative estimate of drug-likeness (QED) is 0.550. The SMILES string of the molecule is CCCC(C)C(C)C(C)CCCc1ccccc1. The fourth-order valence-electron chi connectivity index (χ4n) is 2.81. The molecule has 0 radical (unpaired) electrons. The molecular formula is C18H30. The average molecular weight is 246 g/mol. The van der Waals surface area contributed by atoms with Gasteiger partial charge in [0.25, 0.3) is 0 Å². The lowest BCUT2D eigenvalue weighted by Crippen LogP contribution is -2.16. The van der Waals surface area contributed by atoms with Crippen LogP contribution in [0, 0.1) is 17.8 Å². The molecule has 0 aliphatic carbocycles. The molecule has 0 amide bonds. The molecule has 3 atom stereocenters. The minimum Gasteiger partial charge on any atom is -0.0654 e. The van der Waals surface area contributed by atoms with Crippen molar-refractivity contribution in [1.82, 2.24) is 0 Å². The van der Waals surface area contributed by atoms with Crippen LogP contribution in [0.4, 0.5) is 0 Å². The van der Waals surface area contributed by atoms with Gasteiger partial charge in [0.1, 0.15) is 0 Å². The number of hydrogen-bond acceptors (Lipinski definition) is 0. The van der Waals surface area contributed by atoms with Gasteiger partial charge in [0.15, 0.2) is 0 Å². The van der Waals surface area contributed by atoms with Gasteiger partial charge in [-0.3, -0.25) is 0 Å². The summed E-state index contributed by atoms with van der Waals surface area (Å²) in [6.45, 7) is 9.58. The topological polar surface area (TPSA) is 0 Å².